The highest BCUT2D eigenvalue weighted by Gasteiger charge is 2.16. The van der Waals surface area contributed by atoms with Crippen LogP contribution in [0.5, 0.6) is 0 Å². The maximum absolute atomic E-state index is 12.6. The highest BCUT2D eigenvalue weighted by Crippen LogP contribution is 2.18. The van der Waals surface area contributed by atoms with Crippen LogP contribution in [0.25, 0.3) is 0 Å². The second-order valence-electron chi connectivity index (χ2n) is 7.46. The number of carbonyl (C=O) groups excluding carboxylic acids is 2. The summed E-state index contributed by atoms with van der Waals surface area (Å²) in [6.07, 6.45) is 0. The van der Waals surface area contributed by atoms with Crippen molar-refractivity contribution in [3.63, 3.8) is 0 Å². The molecule has 1 heterocycles. The Labute approximate surface area is 181 Å². The standard InChI is InChI=1S/C24H27N3O2S/c1-17-6-10-19(11-7-17)21(27(2)3)16-26-23(28)20-12-8-18(9-13-20)15-25-24(29)22-5-4-14-30-22/h4-14,21H,15-16H2,1-3H3,(H,25,29)(H,26,28). The van der Waals surface area contributed by atoms with Crippen LogP contribution in [0.15, 0.2) is 66.0 Å². The van der Waals surface area contributed by atoms with Crippen LogP contribution in [0.3, 0.4) is 0 Å². The Bertz CT molecular complexity index is 965. The fourth-order valence-electron chi connectivity index (χ4n) is 3.13. The fourth-order valence-corrected chi connectivity index (χ4v) is 3.77. The van der Waals surface area contributed by atoms with Gasteiger partial charge in [0.1, 0.15) is 0 Å². The maximum atomic E-state index is 12.6. The van der Waals surface area contributed by atoms with E-state index in [9.17, 15) is 9.59 Å². The van der Waals surface area contributed by atoms with Crippen molar-refractivity contribution in [1.82, 2.24) is 15.5 Å². The number of benzene rings is 2. The summed E-state index contributed by atoms with van der Waals surface area (Å²) in [6.45, 7) is 3.01. The molecule has 1 unspecified atom stereocenters. The highest BCUT2D eigenvalue weighted by atomic mass is 32.1. The minimum atomic E-state index is -0.108. The van der Waals surface area contributed by atoms with Gasteiger partial charge in [0.15, 0.2) is 0 Å². The Hall–Kier alpha value is -2.96. The van der Waals surface area contributed by atoms with E-state index in [4.69, 9.17) is 0 Å². The van der Waals surface area contributed by atoms with E-state index in [1.807, 2.05) is 37.7 Å². The van der Waals surface area contributed by atoms with Gasteiger partial charge in [-0.1, -0.05) is 48.0 Å². The summed E-state index contributed by atoms with van der Waals surface area (Å²) >= 11 is 1.41. The Balaban J connectivity index is 1.54. The van der Waals surface area contributed by atoms with Gasteiger partial charge in [-0.2, -0.15) is 0 Å². The first-order chi connectivity index (χ1) is 14.4. The molecule has 0 spiro atoms. The molecular weight excluding hydrogens is 394 g/mol. The van der Waals surface area contributed by atoms with Gasteiger partial charge in [-0.05, 0) is 55.7 Å². The zero-order valence-corrected chi connectivity index (χ0v) is 18.3. The summed E-state index contributed by atoms with van der Waals surface area (Å²) in [5, 5.41) is 7.80. The lowest BCUT2D eigenvalue weighted by molar-refractivity contribution is 0.0937. The lowest BCUT2D eigenvalue weighted by Crippen LogP contribution is -2.34. The van der Waals surface area contributed by atoms with Crippen molar-refractivity contribution in [2.24, 2.45) is 0 Å². The van der Waals surface area contributed by atoms with E-state index < -0.39 is 0 Å². The summed E-state index contributed by atoms with van der Waals surface area (Å²) in [5.74, 6) is -0.194. The van der Waals surface area contributed by atoms with E-state index in [2.05, 4.69) is 46.7 Å². The summed E-state index contributed by atoms with van der Waals surface area (Å²) < 4.78 is 0. The Kier molecular flexibility index (Phi) is 7.38. The minimum absolute atomic E-state index is 0.0855. The van der Waals surface area contributed by atoms with Crippen LogP contribution >= 0.6 is 11.3 Å². The quantitative estimate of drug-likeness (QED) is 0.578. The van der Waals surface area contributed by atoms with Crippen LogP contribution < -0.4 is 10.6 Å². The second-order valence-corrected chi connectivity index (χ2v) is 8.40. The van der Waals surface area contributed by atoms with Gasteiger partial charge >= 0.3 is 0 Å². The number of aryl methyl sites for hydroxylation is 1. The van der Waals surface area contributed by atoms with Gasteiger partial charge in [0.2, 0.25) is 0 Å². The number of hydrogen-bond acceptors (Lipinski definition) is 4. The number of nitrogens with zero attached hydrogens (tertiary/aromatic N) is 1. The lowest BCUT2D eigenvalue weighted by Gasteiger charge is -2.25. The molecule has 6 heteroatoms. The Morgan fingerprint density at radius 2 is 1.63 bits per heavy atom. The lowest BCUT2D eigenvalue weighted by atomic mass is 10.0. The first kappa shape index (κ1) is 21.7. The summed E-state index contributed by atoms with van der Waals surface area (Å²) in [6, 6.07) is 19.4. The van der Waals surface area contributed by atoms with Crippen molar-refractivity contribution < 1.29 is 9.59 Å². The van der Waals surface area contributed by atoms with E-state index in [0.29, 0.717) is 23.5 Å². The molecule has 0 radical (unpaired) electrons. The van der Waals surface area contributed by atoms with E-state index in [-0.39, 0.29) is 17.9 Å². The zero-order valence-electron chi connectivity index (χ0n) is 17.5. The molecule has 3 rings (SSSR count). The second kappa shape index (κ2) is 10.2. The predicted molar refractivity (Wildman–Crippen MR) is 122 cm³/mol. The van der Waals surface area contributed by atoms with Gasteiger partial charge in [0, 0.05) is 18.7 Å². The monoisotopic (exact) mass is 421 g/mol. The molecule has 0 fully saturated rings. The third kappa shape index (κ3) is 5.78. The van der Waals surface area contributed by atoms with Gasteiger partial charge in [-0.3, -0.25) is 9.59 Å². The number of likely N-dealkylation sites (N-methyl/N-ethyl adjacent to an activating group) is 1. The normalized spacial score (nSPS) is 11.9. The number of nitrogens with one attached hydrogen (secondary N) is 2. The molecule has 1 atom stereocenters. The molecule has 0 saturated heterocycles. The number of amides is 2. The van der Waals surface area contributed by atoms with Crippen LogP contribution in [0, 0.1) is 6.92 Å². The molecule has 0 aliphatic carbocycles. The Morgan fingerprint density at radius 3 is 2.23 bits per heavy atom. The molecular formula is C24H27N3O2S. The number of rotatable bonds is 8. The molecule has 0 aliphatic rings. The van der Waals surface area contributed by atoms with Crippen molar-refractivity contribution in [1.29, 1.82) is 0 Å². The number of carbonyl (C=O) groups is 2. The van der Waals surface area contributed by atoms with E-state index in [1.54, 1.807) is 18.2 Å². The van der Waals surface area contributed by atoms with Crippen molar-refractivity contribution in [2.45, 2.75) is 19.5 Å². The molecule has 5 nitrogen and oxygen atoms in total. The average Bonchev–Trinajstić information content (AvgIpc) is 3.28. The largest absolute Gasteiger partial charge is 0.350 e. The van der Waals surface area contributed by atoms with Crippen molar-refractivity contribution in [3.05, 3.63) is 93.2 Å². The maximum Gasteiger partial charge on any atom is 0.261 e. The zero-order chi connectivity index (χ0) is 21.5. The van der Waals surface area contributed by atoms with Crippen molar-refractivity contribution >= 4 is 23.2 Å². The third-order valence-electron chi connectivity index (χ3n) is 4.96. The van der Waals surface area contributed by atoms with E-state index in [1.165, 1.54) is 22.5 Å². The first-order valence-electron chi connectivity index (χ1n) is 9.86. The molecule has 30 heavy (non-hydrogen) atoms. The van der Waals surface area contributed by atoms with Gasteiger partial charge in [0.25, 0.3) is 11.8 Å². The van der Waals surface area contributed by atoms with Crippen LogP contribution in [0.4, 0.5) is 0 Å². The molecule has 0 bridgehead atoms. The number of thiophene rings is 1. The topological polar surface area (TPSA) is 61.4 Å². The van der Waals surface area contributed by atoms with E-state index >= 15 is 0 Å². The SMILES string of the molecule is Cc1ccc(C(CNC(=O)c2ccc(CNC(=O)c3cccs3)cc2)N(C)C)cc1. The van der Waals surface area contributed by atoms with Gasteiger partial charge in [-0.25, -0.2) is 0 Å². The van der Waals surface area contributed by atoms with E-state index in [0.717, 1.165) is 5.56 Å². The first-order valence-corrected chi connectivity index (χ1v) is 10.7. The summed E-state index contributed by atoms with van der Waals surface area (Å²) in [7, 11) is 4.02. The van der Waals surface area contributed by atoms with Gasteiger partial charge in [0.05, 0.1) is 10.9 Å². The molecule has 0 saturated carbocycles. The summed E-state index contributed by atoms with van der Waals surface area (Å²) in [4.78, 5) is 27.4. The molecule has 2 N–H and O–H groups in total. The smallest absolute Gasteiger partial charge is 0.261 e. The molecule has 2 aromatic carbocycles. The average molecular weight is 422 g/mol. The fraction of sp³-hybridized carbons (Fsp3) is 0.250. The molecule has 1 aromatic heterocycles. The van der Waals surface area contributed by atoms with Crippen molar-refractivity contribution in [3.8, 4) is 0 Å². The van der Waals surface area contributed by atoms with Gasteiger partial charge in [-0.15, -0.1) is 11.3 Å². The van der Waals surface area contributed by atoms with Gasteiger partial charge < -0.3 is 15.5 Å². The molecule has 3 aromatic rings. The molecule has 2 amide bonds. The highest BCUT2D eigenvalue weighted by molar-refractivity contribution is 7.12. The molecule has 156 valence electrons. The van der Waals surface area contributed by atoms with Crippen LogP contribution in [0.1, 0.15) is 42.8 Å². The third-order valence-corrected chi connectivity index (χ3v) is 5.82. The van der Waals surface area contributed by atoms with Crippen LogP contribution in [-0.4, -0.2) is 37.4 Å². The minimum Gasteiger partial charge on any atom is -0.350 e. The van der Waals surface area contributed by atoms with Crippen molar-refractivity contribution in [2.75, 3.05) is 20.6 Å². The predicted octanol–water partition coefficient (Wildman–Crippen LogP) is 4.02. The Morgan fingerprint density at radius 1 is 0.933 bits per heavy atom. The molecule has 0 aliphatic heterocycles. The van der Waals surface area contributed by atoms with Crippen LogP contribution in [-0.2, 0) is 6.54 Å². The number of hydrogen-bond donors (Lipinski definition) is 2. The van der Waals surface area contributed by atoms with Crippen LogP contribution in [0.2, 0.25) is 0 Å². The summed E-state index contributed by atoms with van der Waals surface area (Å²) in [5.41, 5.74) is 3.93.